The summed E-state index contributed by atoms with van der Waals surface area (Å²) in [4.78, 5) is 27.1. The maximum atomic E-state index is 12.7. The fraction of sp³-hybridized carbons (Fsp3) is 0.364. The molecule has 0 unspecified atom stereocenters. The second-order valence-electron chi connectivity index (χ2n) is 6.89. The zero-order chi connectivity index (χ0) is 18.7. The van der Waals surface area contributed by atoms with Crippen molar-refractivity contribution in [1.82, 2.24) is 0 Å². The predicted molar refractivity (Wildman–Crippen MR) is 105 cm³/mol. The van der Waals surface area contributed by atoms with E-state index in [1.165, 1.54) is 0 Å². The van der Waals surface area contributed by atoms with Gasteiger partial charge in [-0.1, -0.05) is 49.7 Å². The average Bonchev–Trinajstić information content (AvgIpc) is 3.04. The average molecular weight is 350 g/mol. The summed E-state index contributed by atoms with van der Waals surface area (Å²) in [6.45, 7) is 6.65. The lowest BCUT2D eigenvalue weighted by Gasteiger charge is -2.23. The number of amides is 2. The quantitative estimate of drug-likeness (QED) is 0.882. The summed E-state index contributed by atoms with van der Waals surface area (Å²) in [5.41, 5.74) is 5.26. The molecule has 2 aromatic rings. The van der Waals surface area contributed by atoms with Crippen molar-refractivity contribution in [2.75, 3.05) is 16.8 Å². The number of hydrogen-bond donors (Lipinski definition) is 1. The summed E-state index contributed by atoms with van der Waals surface area (Å²) in [6.07, 6.45) is 2.00. The fourth-order valence-corrected chi connectivity index (χ4v) is 3.54. The SMILES string of the molecule is CCc1cccc(CC)c1N1C[C@@H](C(=O)Nc2ccc(C)cc2)CC1=O. The summed E-state index contributed by atoms with van der Waals surface area (Å²) in [5.74, 6) is -0.375. The van der Waals surface area contributed by atoms with Crippen molar-refractivity contribution in [2.45, 2.75) is 40.0 Å². The number of carbonyl (C=O) groups is 2. The van der Waals surface area contributed by atoms with Crippen LogP contribution in [0.4, 0.5) is 11.4 Å². The third kappa shape index (κ3) is 3.64. The number of nitrogens with zero attached hydrogens (tertiary/aromatic N) is 1. The lowest BCUT2D eigenvalue weighted by molar-refractivity contribution is -0.122. The van der Waals surface area contributed by atoms with Crippen molar-refractivity contribution in [1.29, 1.82) is 0 Å². The minimum Gasteiger partial charge on any atom is -0.326 e. The second kappa shape index (κ2) is 7.73. The second-order valence-corrected chi connectivity index (χ2v) is 6.89. The molecule has 0 spiro atoms. The molecular weight excluding hydrogens is 324 g/mol. The van der Waals surface area contributed by atoms with Crippen LogP contribution in [0.15, 0.2) is 42.5 Å². The molecule has 1 fully saturated rings. The van der Waals surface area contributed by atoms with Gasteiger partial charge in [0.25, 0.3) is 0 Å². The van der Waals surface area contributed by atoms with E-state index in [1.54, 1.807) is 0 Å². The van der Waals surface area contributed by atoms with Crippen LogP contribution < -0.4 is 10.2 Å². The first-order valence-corrected chi connectivity index (χ1v) is 9.32. The van der Waals surface area contributed by atoms with E-state index in [-0.39, 0.29) is 24.2 Å². The van der Waals surface area contributed by atoms with Crippen molar-refractivity contribution in [3.05, 3.63) is 59.2 Å². The topological polar surface area (TPSA) is 49.4 Å². The number of carbonyl (C=O) groups excluding carboxylic acids is 2. The third-order valence-electron chi connectivity index (χ3n) is 5.05. The van der Waals surface area contributed by atoms with E-state index in [0.29, 0.717) is 6.54 Å². The van der Waals surface area contributed by atoms with Crippen LogP contribution in [0.25, 0.3) is 0 Å². The van der Waals surface area contributed by atoms with Gasteiger partial charge in [-0.3, -0.25) is 9.59 Å². The Morgan fingerprint density at radius 3 is 2.27 bits per heavy atom. The maximum absolute atomic E-state index is 12.7. The van der Waals surface area contributed by atoms with E-state index in [1.807, 2.05) is 42.2 Å². The summed E-state index contributed by atoms with van der Waals surface area (Å²) in [6, 6.07) is 13.9. The van der Waals surface area contributed by atoms with Gasteiger partial charge in [-0.2, -0.15) is 0 Å². The smallest absolute Gasteiger partial charge is 0.229 e. The Morgan fingerprint density at radius 2 is 1.69 bits per heavy atom. The van der Waals surface area contributed by atoms with Crippen LogP contribution >= 0.6 is 0 Å². The van der Waals surface area contributed by atoms with Gasteiger partial charge < -0.3 is 10.2 Å². The number of rotatable bonds is 5. The normalized spacial score (nSPS) is 16.8. The molecule has 1 aliphatic heterocycles. The van der Waals surface area contributed by atoms with Gasteiger partial charge in [-0.25, -0.2) is 0 Å². The Labute approximate surface area is 155 Å². The van der Waals surface area contributed by atoms with Crippen molar-refractivity contribution < 1.29 is 9.59 Å². The first-order chi connectivity index (χ1) is 12.5. The number of anilines is 2. The molecule has 0 aliphatic carbocycles. The molecule has 0 saturated carbocycles. The molecule has 2 amide bonds. The Morgan fingerprint density at radius 1 is 1.08 bits per heavy atom. The van der Waals surface area contributed by atoms with Crippen LogP contribution in [-0.4, -0.2) is 18.4 Å². The highest BCUT2D eigenvalue weighted by Crippen LogP contribution is 2.32. The Balaban J connectivity index is 1.79. The highest BCUT2D eigenvalue weighted by molar-refractivity contribution is 6.04. The summed E-state index contributed by atoms with van der Waals surface area (Å²) < 4.78 is 0. The van der Waals surface area contributed by atoms with E-state index < -0.39 is 0 Å². The van der Waals surface area contributed by atoms with Crippen molar-refractivity contribution in [3.63, 3.8) is 0 Å². The monoisotopic (exact) mass is 350 g/mol. The summed E-state index contributed by atoms with van der Waals surface area (Å²) in [7, 11) is 0. The van der Waals surface area contributed by atoms with Crippen LogP contribution in [0.2, 0.25) is 0 Å². The van der Waals surface area contributed by atoms with Crippen LogP contribution in [0.1, 0.15) is 37.0 Å². The molecule has 4 heteroatoms. The van der Waals surface area contributed by atoms with Crippen LogP contribution in [0.3, 0.4) is 0 Å². The largest absolute Gasteiger partial charge is 0.326 e. The molecule has 26 heavy (non-hydrogen) atoms. The molecule has 0 bridgehead atoms. The lowest BCUT2D eigenvalue weighted by Crippen LogP contribution is -2.29. The molecule has 1 N–H and O–H groups in total. The van der Waals surface area contributed by atoms with Gasteiger partial charge in [0.1, 0.15) is 0 Å². The van der Waals surface area contributed by atoms with E-state index in [2.05, 4.69) is 31.3 Å². The Bertz CT molecular complexity index is 789. The molecule has 0 aromatic heterocycles. The standard InChI is InChI=1S/C22H26N2O2/c1-4-16-7-6-8-17(5-2)21(16)24-14-18(13-20(24)25)22(26)23-19-11-9-15(3)10-12-19/h6-12,18H,4-5,13-14H2,1-3H3,(H,23,26)/t18-/m0/s1. The number of para-hydroxylation sites is 1. The fourth-order valence-electron chi connectivity index (χ4n) is 3.54. The Hall–Kier alpha value is -2.62. The molecule has 1 heterocycles. The highest BCUT2D eigenvalue weighted by atomic mass is 16.2. The minimum atomic E-state index is -0.321. The van der Waals surface area contributed by atoms with Gasteiger partial charge >= 0.3 is 0 Å². The van der Waals surface area contributed by atoms with Crippen molar-refractivity contribution >= 4 is 23.2 Å². The number of benzene rings is 2. The molecule has 1 atom stereocenters. The molecular formula is C22H26N2O2. The zero-order valence-corrected chi connectivity index (χ0v) is 15.7. The maximum Gasteiger partial charge on any atom is 0.229 e. The van der Waals surface area contributed by atoms with E-state index in [4.69, 9.17) is 0 Å². The van der Waals surface area contributed by atoms with Gasteiger partial charge in [-0.15, -0.1) is 0 Å². The van der Waals surface area contributed by atoms with Crippen molar-refractivity contribution in [3.8, 4) is 0 Å². The number of nitrogens with one attached hydrogen (secondary N) is 1. The number of hydrogen-bond acceptors (Lipinski definition) is 2. The molecule has 136 valence electrons. The molecule has 0 radical (unpaired) electrons. The van der Waals surface area contributed by atoms with Crippen LogP contribution in [-0.2, 0) is 22.4 Å². The summed E-state index contributed by atoms with van der Waals surface area (Å²) in [5, 5.41) is 2.94. The van der Waals surface area contributed by atoms with E-state index in [9.17, 15) is 9.59 Å². The third-order valence-corrected chi connectivity index (χ3v) is 5.05. The molecule has 3 rings (SSSR count). The molecule has 4 nitrogen and oxygen atoms in total. The highest BCUT2D eigenvalue weighted by Gasteiger charge is 2.36. The molecule has 1 saturated heterocycles. The van der Waals surface area contributed by atoms with Gasteiger partial charge in [0.05, 0.1) is 5.92 Å². The van der Waals surface area contributed by atoms with Crippen LogP contribution in [0, 0.1) is 12.8 Å². The lowest BCUT2D eigenvalue weighted by atomic mass is 10.0. The van der Waals surface area contributed by atoms with E-state index >= 15 is 0 Å². The molecule has 2 aromatic carbocycles. The van der Waals surface area contributed by atoms with Crippen LogP contribution in [0.5, 0.6) is 0 Å². The summed E-state index contributed by atoms with van der Waals surface area (Å²) >= 11 is 0. The number of aryl methyl sites for hydroxylation is 3. The molecule has 1 aliphatic rings. The zero-order valence-electron chi connectivity index (χ0n) is 15.7. The van der Waals surface area contributed by atoms with E-state index in [0.717, 1.165) is 40.9 Å². The van der Waals surface area contributed by atoms with Gasteiger partial charge in [0, 0.05) is 24.3 Å². The first kappa shape index (κ1) is 18.2. The van der Waals surface area contributed by atoms with Gasteiger partial charge in [0.15, 0.2) is 0 Å². The Kier molecular flexibility index (Phi) is 5.40. The van der Waals surface area contributed by atoms with Gasteiger partial charge in [-0.05, 0) is 43.0 Å². The minimum absolute atomic E-state index is 0.0321. The predicted octanol–water partition coefficient (Wildman–Crippen LogP) is 4.11. The first-order valence-electron chi connectivity index (χ1n) is 9.32. The van der Waals surface area contributed by atoms with Gasteiger partial charge in [0.2, 0.25) is 11.8 Å². The van der Waals surface area contributed by atoms with Crippen molar-refractivity contribution in [2.24, 2.45) is 5.92 Å².